The van der Waals surface area contributed by atoms with Gasteiger partial charge in [-0.3, -0.25) is 4.79 Å². The van der Waals surface area contributed by atoms with Crippen LogP contribution in [0.25, 0.3) is 0 Å². The maximum absolute atomic E-state index is 10.4. The topological polar surface area (TPSA) is 55.1 Å². The summed E-state index contributed by atoms with van der Waals surface area (Å²) < 4.78 is 2.02. The van der Waals surface area contributed by atoms with E-state index >= 15 is 0 Å². The number of aliphatic carboxylic acids is 1. The minimum atomic E-state index is -0.774. The largest absolute Gasteiger partial charge is 0.481 e. The van der Waals surface area contributed by atoms with Crippen LogP contribution in [-0.4, -0.2) is 20.6 Å². The molecule has 4 heteroatoms. The van der Waals surface area contributed by atoms with Gasteiger partial charge in [0, 0.05) is 25.4 Å². The second-order valence-corrected chi connectivity index (χ2v) is 3.78. The lowest BCUT2D eigenvalue weighted by Crippen LogP contribution is -2.09. The summed E-state index contributed by atoms with van der Waals surface area (Å²) >= 11 is 0. The van der Waals surface area contributed by atoms with Crippen molar-refractivity contribution in [3.8, 4) is 0 Å². The molecule has 4 nitrogen and oxygen atoms in total. The van der Waals surface area contributed by atoms with Crippen LogP contribution in [-0.2, 0) is 17.8 Å². The van der Waals surface area contributed by atoms with Gasteiger partial charge in [-0.1, -0.05) is 13.8 Å². The van der Waals surface area contributed by atoms with Crippen molar-refractivity contribution in [3.05, 3.63) is 18.2 Å². The Morgan fingerprint density at radius 3 is 2.93 bits per heavy atom. The van der Waals surface area contributed by atoms with E-state index in [-0.39, 0.29) is 6.42 Å². The average molecular weight is 196 g/mol. The lowest BCUT2D eigenvalue weighted by molar-refractivity contribution is -0.137. The van der Waals surface area contributed by atoms with Gasteiger partial charge in [0.15, 0.2) is 0 Å². The first-order chi connectivity index (χ1) is 6.59. The molecule has 0 aliphatic rings. The Morgan fingerprint density at radius 1 is 1.64 bits per heavy atom. The van der Waals surface area contributed by atoms with Gasteiger partial charge in [-0.15, -0.1) is 0 Å². The fourth-order valence-corrected chi connectivity index (χ4v) is 1.35. The van der Waals surface area contributed by atoms with Crippen LogP contribution in [0, 0.1) is 5.92 Å². The average Bonchev–Trinajstić information content (AvgIpc) is 2.47. The van der Waals surface area contributed by atoms with Gasteiger partial charge in [-0.2, -0.15) is 0 Å². The first kappa shape index (κ1) is 10.8. The summed E-state index contributed by atoms with van der Waals surface area (Å²) in [4.78, 5) is 14.5. The summed E-state index contributed by atoms with van der Waals surface area (Å²) in [5, 5.41) is 8.55. The van der Waals surface area contributed by atoms with E-state index in [2.05, 4.69) is 18.8 Å². The highest BCUT2D eigenvalue weighted by atomic mass is 16.4. The van der Waals surface area contributed by atoms with E-state index < -0.39 is 5.97 Å². The number of aryl methyl sites for hydroxylation is 1. The van der Waals surface area contributed by atoms with Crippen molar-refractivity contribution in [1.29, 1.82) is 0 Å². The standard InChI is InChI=1S/C10H16N2O2/c1-8(2)7-12-6-5-11-9(12)3-4-10(13)14/h5-6,8H,3-4,7H2,1-2H3,(H,13,14). The summed E-state index contributed by atoms with van der Waals surface area (Å²) in [7, 11) is 0. The zero-order valence-corrected chi connectivity index (χ0v) is 8.60. The normalized spacial score (nSPS) is 10.8. The smallest absolute Gasteiger partial charge is 0.303 e. The summed E-state index contributed by atoms with van der Waals surface area (Å²) in [5.41, 5.74) is 0. The number of rotatable bonds is 5. The zero-order chi connectivity index (χ0) is 10.6. The van der Waals surface area contributed by atoms with Gasteiger partial charge in [-0.05, 0) is 5.92 Å². The van der Waals surface area contributed by atoms with Crippen molar-refractivity contribution in [1.82, 2.24) is 9.55 Å². The molecular formula is C10H16N2O2. The fraction of sp³-hybridized carbons (Fsp3) is 0.600. The van der Waals surface area contributed by atoms with E-state index in [1.54, 1.807) is 6.20 Å². The Kier molecular flexibility index (Phi) is 3.68. The van der Waals surface area contributed by atoms with E-state index in [1.807, 2.05) is 10.8 Å². The third kappa shape index (κ3) is 3.20. The number of aromatic nitrogens is 2. The van der Waals surface area contributed by atoms with Crippen LogP contribution in [0.15, 0.2) is 12.4 Å². The molecular weight excluding hydrogens is 180 g/mol. The molecule has 78 valence electrons. The number of imidazole rings is 1. The summed E-state index contributed by atoms with van der Waals surface area (Å²) in [6.07, 6.45) is 4.28. The quantitative estimate of drug-likeness (QED) is 0.777. The lowest BCUT2D eigenvalue weighted by Gasteiger charge is -2.09. The Morgan fingerprint density at radius 2 is 2.36 bits per heavy atom. The van der Waals surface area contributed by atoms with Gasteiger partial charge in [0.25, 0.3) is 0 Å². The van der Waals surface area contributed by atoms with Crippen LogP contribution in [0.2, 0.25) is 0 Å². The van der Waals surface area contributed by atoms with Crippen molar-refractivity contribution >= 4 is 5.97 Å². The van der Waals surface area contributed by atoms with Crippen LogP contribution in [0.4, 0.5) is 0 Å². The maximum Gasteiger partial charge on any atom is 0.303 e. The minimum absolute atomic E-state index is 0.148. The molecule has 0 bridgehead atoms. The van der Waals surface area contributed by atoms with Crippen LogP contribution >= 0.6 is 0 Å². The summed E-state index contributed by atoms with van der Waals surface area (Å²) in [6.45, 7) is 5.15. The molecule has 0 fully saturated rings. The van der Waals surface area contributed by atoms with Gasteiger partial charge in [-0.25, -0.2) is 4.98 Å². The van der Waals surface area contributed by atoms with E-state index in [1.165, 1.54) is 0 Å². The molecule has 0 spiro atoms. The highest BCUT2D eigenvalue weighted by molar-refractivity contribution is 5.66. The molecule has 14 heavy (non-hydrogen) atoms. The molecule has 1 N–H and O–H groups in total. The Labute approximate surface area is 83.6 Å². The predicted octanol–water partition coefficient (Wildman–Crippen LogP) is 1.56. The number of carboxylic acids is 1. The molecule has 0 saturated carbocycles. The minimum Gasteiger partial charge on any atom is -0.481 e. The molecule has 0 aliphatic carbocycles. The monoisotopic (exact) mass is 196 g/mol. The number of carbonyl (C=O) groups is 1. The van der Waals surface area contributed by atoms with Gasteiger partial charge >= 0.3 is 5.97 Å². The van der Waals surface area contributed by atoms with E-state index in [4.69, 9.17) is 5.11 Å². The van der Waals surface area contributed by atoms with Crippen LogP contribution in [0.3, 0.4) is 0 Å². The number of carboxylic acid groups (broad SMARTS) is 1. The molecule has 0 aliphatic heterocycles. The van der Waals surface area contributed by atoms with Gasteiger partial charge in [0.2, 0.25) is 0 Å². The molecule has 1 heterocycles. The molecule has 0 aromatic carbocycles. The van der Waals surface area contributed by atoms with Crippen LogP contribution in [0.5, 0.6) is 0 Å². The zero-order valence-electron chi connectivity index (χ0n) is 8.60. The SMILES string of the molecule is CC(C)Cn1ccnc1CCC(=O)O. The molecule has 0 saturated heterocycles. The van der Waals surface area contributed by atoms with Crippen molar-refractivity contribution in [2.45, 2.75) is 33.2 Å². The number of hydrogen-bond donors (Lipinski definition) is 1. The number of hydrogen-bond acceptors (Lipinski definition) is 2. The fourth-order valence-electron chi connectivity index (χ4n) is 1.35. The van der Waals surface area contributed by atoms with Crippen molar-refractivity contribution in [2.75, 3.05) is 0 Å². The molecule has 0 radical (unpaired) electrons. The third-order valence-electron chi connectivity index (χ3n) is 1.93. The van der Waals surface area contributed by atoms with E-state index in [0.717, 1.165) is 12.4 Å². The van der Waals surface area contributed by atoms with Gasteiger partial charge < -0.3 is 9.67 Å². The van der Waals surface area contributed by atoms with Crippen molar-refractivity contribution < 1.29 is 9.90 Å². The van der Waals surface area contributed by atoms with Gasteiger partial charge in [0.1, 0.15) is 5.82 Å². The molecule has 1 rings (SSSR count). The number of nitrogens with zero attached hydrogens (tertiary/aromatic N) is 2. The predicted molar refractivity (Wildman–Crippen MR) is 53.0 cm³/mol. The first-order valence-corrected chi connectivity index (χ1v) is 4.81. The molecule has 0 amide bonds. The molecule has 0 atom stereocenters. The first-order valence-electron chi connectivity index (χ1n) is 4.81. The second-order valence-electron chi connectivity index (χ2n) is 3.78. The van der Waals surface area contributed by atoms with Crippen molar-refractivity contribution in [2.24, 2.45) is 5.92 Å². The summed E-state index contributed by atoms with van der Waals surface area (Å²) in [5.74, 6) is 0.637. The lowest BCUT2D eigenvalue weighted by atomic mass is 10.2. The van der Waals surface area contributed by atoms with Gasteiger partial charge in [0.05, 0.1) is 6.42 Å². The highest BCUT2D eigenvalue weighted by Gasteiger charge is 2.06. The molecule has 1 aromatic rings. The Hall–Kier alpha value is -1.32. The van der Waals surface area contributed by atoms with E-state index in [0.29, 0.717) is 12.3 Å². The summed E-state index contributed by atoms with van der Waals surface area (Å²) in [6, 6.07) is 0. The molecule has 0 unspecified atom stereocenters. The highest BCUT2D eigenvalue weighted by Crippen LogP contribution is 2.05. The van der Waals surface area contributed by atoms with E-state index in [9.17, 15) is 4.79 Å². The Balaban J connectivity index is 2.58. The van der Waals surface area contributed by atoms with Crippen LogP contribution < -0.4 is 0 Å². The Bertz CT molecular complexity index is 305. The second kappa shape index (κ2) is 4.79. The van der Waals surface area contributed by atoms with Crippen LogP contribution in [0.1, 0.15) is 26.1 Å². The maximum atomic E-state index is 10.4. The third-order valence-corrected chi connectivity index (χ3v) is 1.93. The van der Waals surface area contributed by atoms with Crippen molar-refractivity contribution in [3.63, 3.8) is 0 Å². The molecule has 1 aromatic heterocycles.